The standard InChI is InChI=1S/C12H7Br2O2S/c13-9-3-1-2-8(6-9)11-7-10(14)4-5-12(11)17(15)16/h1-2,4-7,17H. The van der Waals surface area contributed by atoms with Crippen LogP contribution < -0.4 is 0 Å². The van der Waals surface area contributed by atoms with Crippen LogP contribution in [0.4, 0.5) is 0 Å². The van der Waals surface area contributed by atoms with Crippen molar-refractivity contribution in [3.63, 3.8) is 0 Å². The van der Waals surface area contributed by atoms with E-state index in [1.165, 1.54) is 0 Å². The van der Waals surface area contributed by atoms with Crippen LogP contribution in [0, 0.1) is 6.07 Å². The lowest BCUT2D eigenvalue weighted by Gasteiger charge is -2.06. The lowest BCUT2D eigenvalue weighted by atomic mass is 10.1. The summed E-state index contributed by atoms with van der Waals surface area (Å²) >= 11 is 6.67. The predicted octanol–water partition coefficient (Wildman–Crippen LogP) is 3.65. The highest BCUT2D eigenvalue weighted by molar-refractivity contribution is 9.10. The van der Waals surface area contributed by atoms with Crippen LogP contribution in [0.2, 0.25) is 0 Å². The summed E-state index contributed by atoms with van der Waals surface area (Å²) in [4.78, 5) is 0.321. The maximum Gasteiger partial charge on any atom is 0.168 e. The van der Waals surface area contributed by atoms with E-state index in [9.17, 15) is 8.42 Å². The second kappa shape index (κ2) is 5.33. The Morgan fingerprint density at radius 1 is 1.06 bits per heavy atom. The zero-order valence-corrected chi connectivity index (χ0v) is 12.6. The van der Waals surface area contributed by atoms with Gasteiger partial charge in [-0.25, -0.2) is 8.42 Å². The van der Waals surface area contributed by atoms with E-state index in [-0.39, 0.29) is 0 Å². The predicted molar refractivity (Wildman–Crippen MR) is 74.7 cm³/mol. The minimum Gasteiger partial charge on any atom is -0.227 e. The molecular weight excluding hydrogens is 368 g/mol. The molecule has 0 atom stereocenters. The smallest absolute Gasteiger partial charge is 0.168 e. The van der Waals surface area contributed by atoms with Crippen molar-refractivity contribution in [2.75, 3.05) is 0 Å². The topological polar surface area (TPSA) is 34.1 Å². The summed E-state index contributed by atoms with van der Waals surface area (Å²) in [5, 5.41) is 0. The number of benzene rings is 2. The van der Waals surface area contributed by atoms with Crippen molar-refractivity contribution in [3.05, 3.63) is 51.4 Å². The van der Waals surface area contributed by atoms with Crippen molar-refractivity contribution < 1.29 is 8.42 Å². The molecule has 0 saturated heterocycles. The fourth-order valence-corrected chi connectivity index (χ4v) is 2.83. The Balaban J connectivity index is 2.69. The summed E-state index contributed by atoms with van der Waals surface area (Å²) in [6.07, 6.45) is 0. The van der Waals surface area contributed by atoms with Crippen LogP contribution in [0.5, 0.6) is 0 Å². The molecule has 17 heavy (non-hydrogen) atoms. The second-order valence-corrected chi connectivity index (χ2v) is 6.11. The number of hydrogen-bond acceptors (Lipinski definition) is 2. The van der Waals surface area contributed by atoms with Crippen molar-refractivity contribution in [1.82, 2.24) is 0 Å². The van der Waals surface area contributed by atoms with Gasteiger partial charge in [0.1, 0.15) is 0 Å². The molecule has 0 bridgehead atoms. The van der Waals surface area contributed by atoms with Gasteiger partial charge in [0.05, 0.1) is 4.90 Å². The van der Waals surface area contributed by atoms with Crippen LogP contribution in [0.25, 0.3) is 11.1 Å². The van der Waals surface area contributed by atoms with E-state index in [0.717, 1.165) is 14.5 Å². The van der Waals surface area contributed by atoms with Gasteiger partial charge in [0.15, 0.2) is 10.7 Å². The minimum atomic E-state index is -2.61. The van der Waals surface area contributed by atoms with E-state index in [1.54, 1.807) is 24.3 Å². The Morgan fingerprint density at radius 2 is 1.82 bits per heavy atom. The average molecular weight is 375 g/mol. The molecule has 2 nitrogen and oxygen atoms in total. The van der Waals surface area contributed by atoms with Crippen molar-refractivity contribution in [1.29, 1.82) is 0 Å². The lowest BCUT2D eigenvalue weighted by Crippen LogP contribution is -1.88. The van der Waals surface area contributed by atoms with Crippen LogP contribution in [-0.2, 0) is 10.7 Å². The molecule has 5 heteroatoms. The SMILES string of the molecule is O=[SH](=O)c1ccc(Br)cc1-c1cc[c]c(Br)c1. The molecular formula is C12H7Br2O2S. The van der Waals surface area contributed by atoms with Gasteiger partial charge >= 0.3 is 0 Å². The van der Waals surface area contributed by atoms with Gasteiger partial charge in [-0.05, 0) is 35.9 Å². The molecule has 0 amide bonds. The van der Waals surface area contributed by atoms with Gasteiger partial charge in [-0.1, -0.05) is 44.0 Å². The molecule has 87 valence electrons. The Hall–Kier alpha value is -0.650. The third kappa shape index (κ3) is 2.97. The zero-order valence-electron chi connectivity index (χ0n) is 8.48. The van der Waals surface area contributed by atoms with Crippen LogP contribution in [0.3, 0.4) is 0 Å². The fourth-order valence-electron chi connectivity index (χ4n) is 1.50. The van der Waals surface area contributed by atoms with Gasteiger partial charge in [0.25, 0.3) is 0 Å². The summed E-state index contributed by atoms with van der Waals surface area (Å²) in [7, 11) is -2.61. The molecule has 2 aromatic rings. The monoisotopic (exact) mass is 373 g/mol. The van der Waals surface area contributed by atoms with Crippen molar-refractivity contribution in [2.45, 2.75) is 4.90 Å². The molecule has 0 N–H and O–H groups in total. The molecule has 2 rings (SSSR count). The van der Waals surface area contributed by atoms with Gasteiger partial charge in [-0.3, -0.25) is 0 Å². The molecule has 0 aliphatic heterocycles. The first kappa shape index (κ1) is 12.8. The first-order valence-electron chi connectivity index (χ1n) is 4.69. The Bertz CT molecular complexity index is 628. The molecule has 0 aromatic heterocycles. The van der Waals surface area contributed by atoms with Crippen LogP contribution in [-0.4, -0.2) is 8.42 Å². The first-order chi connectivity index (χ1) is 8.08. The van der Waals surface area contributed by atoms with Crippen LogP contribution in [0.1, 0.15) is 0 Å². The summed E-state index contributed by atoms with van der Waals surface area (Å²) < 4.78 is 24.0. The zero-order chi connectivity index (χ0) is 12.4. The summed E-state index contributed by atoms with van der Waals surface area (Å²) in [5.74, 6) is 0. The molecule has 0 aliphatic carbocycles. The summed E-state index contributed by atoms with van der Waals surface area (Å²) in [6, 6.07) is 13.5. The Kier molecular flexibility index (Phi) is 4.01. The van der Waals surface area contributed by atoms with E-state index < -0.39 is 10.7 Å². The van der Waals surface area contributed by atoms with E-state index in [2.05, 4.69) is 37.9 Å². The molecule has 0 fully saturated rings. The summed E-state index contributed by atoms with van der Waals surface area (Å²) in [6.45, 7) is 0. The number of halogens is 2. The Morgan fingerprint density at radius 3 is 2.47 bits per heavy atom. The third-order valence-corrected chi connectivity index (χ3v) is 3.97. The van der Waals surface area contributed by atoms with E-state index in [4.69, 9.17) is 0 Å². The van der Waals surface area contributed by atoms with Gasteiger partial charge in [-0.2, -0.15) is 0 Å². The molecule has 0 spiro atoms. The largest absolute Gasteiger partial charge is 0.227 e. The van der Waals surface area contributed by atoms with Gasteiger partial charge in [0, 0.05) is 14.5 Å². The van der Waals surface area contributed by atoms with Crippen molar-refractivity contribution in [2.24, 2.45) is 0 Å². The summed E-state index contributed by atoms with van der Waals surface area (Å²) in [5.41, 5.74) is 1.52. The van der Waals surface area contributed by atoms with Crippen LogP contribution >= 0.6 is 31.9 Å². The normalized spacial score (nSPS) is 10.8. The van der Waals surface area contributed by atoms with Crippen molar-refractivity contribution >= 4 is 42.6 Å². The second-order valence-electron chi connectivity index (χ2n) is 3.34. The van der Waals surface area contributed by atoms with Crippen molar-refractivity contribution in [3.8, 4) is 11.1 Å². The molecule has 0 heterocycles. The van der Waals surface area contributed by atoms with Gasteiger partial charge in [0.2, 0.25) is 0 Å². The van der Waals surface area contributed by atoms with E-state index in [0.29, 0.717) is 10.5 Å². The quantitative estimate of drug-likeness (QED) is 0.814. The molecule has 1 radical (unpaired) electrons. The van der Waals surface area contributed by atoms with E-state index >= 15 is 0 Å². The van der Waals surface area contributed by atoms with E-state index in [1.807, 2.05) is 12.1 Å². The number of thiol groups is 1. The van der Waals surface area contributed by atoms with Gasteiger partial charge < -0.3 is 0 Å². The van der Waals surface area contributed by atoms with Gasteiger partial charge in [-0.15, -0.1) is 0 Å². The minimum absolute atomic E-state index is 0.321. The molecule has 0 saturated carbocycles. The maximum absolute atomic E-state index is 11.2. The first-order valence-corrected chi connectivity index (χ1v) is 7.46. The fraction of sp³-hybridized carbons (Fsp3) is 0. The maximum atomic E-state index is 11.2. The highest BCUT2D eigenvalue weighted by atomic mass is 79.9. The Labute approximate surface area is 118 Å². The number of rotatable bonds is 2. The molecule has 0 unspecified atom stereocenters. The highest BCUT2D eigenvalue weighted by Crippen LogP contribution is 2.29. The lowest BCUT2D eigenvalue weighted by molar-refractivity contribution is 0.615. The highest BCUT2D eigenvalue weighted by Gasteiger charge is 2.08. The molecule has 0 aliphatic rings. The average Bonchev–Trinajstić information content (AvgIpc) is 2.28. The van der Waals surface area contributed by atoms with Crippen LogP contribution in [0.15, 0.2) is 50.2 Å². The number of hydrogen-bond donors (Lipinski definition) is 1. The molecule has 2 aromatic carbocycles. The third-order valence-electron chi connectivity index (χ3n) is 2.23.